The SMILES string of the molecule is C[C@H](CN)c1cn2ccsc2n1. The highest BCUT2D eigenvalue weighted by atomic mass is 32.1. The van der Waals surface area contributed by atoms with E-state index in [9.17, 15) is 0 Å². The van der Waals surface area contributed by atoms with Gasteiger partial charge in [0.1, 0.15) is 0 Å². The lowest BCUT2D eigenvalue weighted by atomic mass is 10.1. The number of hydrogen-bond donors (Lipinski definition) is 1. The van der Waals surface area contributed by atoms with Gasteiger partial charge in [-0.3, -0.25) is 4.40 Å². The molecule has 0 radical (unpaired) electrons. The Balaban J connectivity index is 2.44. The van der Waals surface area contributed by atoms with E-state index in [1.165, 1.54) is 0 Å². The fraction of sp³-hybridized carbons (Fsp3) is 0.375. The average molecular weight is 181 g/mol. The van der Waals surface area contributed by atoms with Gasteiger partial charge in [0, 0.05) is 30.2 Å². The second-order valence-corrected chi connectivity index (χ2v) is 3.77. The predicted octanol–water partition coefficient (Wildman–Crippen LogP) is 1.46. The van der Waals surface area contributed by atoms with Crippen LogP contribution in [0, 0.1) is 0 Å². The molecule has 0 aliphatic heterocycles. The van der Waals surface area contributed by atoms with Gasteiger partial charge >= 0.3 is 0 Å². The number of aromatic nitrogens is 2. The molecule has 2 heterocycles. The van der Waals surface area contributed by atoms with Crippen molar-refractivity contribution in [2.45, 2.75) is 12.8 Å². The minimum Gasteiger partial charge on any atom is -0.330 e. The van der Waals surface area contributed by atoms with Crippen molar-refractivity contribution >= 4 is 16.3 Å². The van der Waals surface area contributed by atoms with Gasteiger partial charge in [-0.1, -0.05) is 6.92 Å². The summed E-state index contributed by atoms with van der Waals surface area (Å²) in [6, 6.07) is 0. The van der Waals surface area contributed by atoms with Gasteiger partial charge in [0.15, 0.2) is 4.96 Å². The zero-order chi connectivity index (χ0) is 8.55. The molecule has 0 saturated heterocycles. The molecule has 0 amide bonds. The molecule has 0 unspecified atom stereocenters. The second kappa shape index (κ2) is 2.88. The minimum atomic E-state index is 0.358. The Labute approximate surface area is 74.8 Å². The Morgan fingerprint density at radius 3 is 3.25 bits per heavy atom. The lowest BCUT2D eigenvalue weighted by Gasteiger charge is -2.01. The largest absolute Gasteiger partial charge is 0.330 e. The van der Waals surface area contributed by atoms with Crippen molar-refractivity contribution in [3.05, 3.63) is 23.5 Å². The van der Waals surface area contributed by atoms with E-state index in [-0.39, 0.29) is 0 Å². The highest BCUT2D eigenvalue weighted by Gasteiger charge is 2.08. The Kier molecular flexibility index (Phi) is 1.86. The van der Waals surface area contributed by atoms with Crippen molar-refractivity contribution in [2.24, 2.45) is 5.73 Å². The number of hydrogen-bond acceptors (Lipinski definition) is 3. The van der Waals surface area contributed by atoms with Gasteiger partial charge < -0.3 is 5.73 Å². The minimum absolute atomic E-state index is 0.358. The van der Waals surface area contributed by atoms with E-state index in [0.29, 0.717) is 12.5 Å². The first-order chi connectivity index (χ1) is 5.81. The average Bonchev–Trinajstić information content (AvgIpc) is 2.60. The van der Waals surface area contributed by atoms with Gasteiger partial charge in [0.2, 0.25) is 0 Å². The molecule has 0 aliphatic rings. The summed E-state index contributed by atoms with van der Waals surface area (Å²) in [5.74, 6) is 0.358. The van der Waals surface area contributed by atoms with Crippen molar-refractivity contribution in [3.8, 4) is 0 Å². The van der Waals surface area contributed by atoms with Crippen molar-refractivity contribution in [1.29, 1.82) is 0 Å². The van der Waals surface area contributed by atoms with Gasteiger partial charge in [-0.25, -0.2) is 4.98 Å². The highest BCUT2D eigenvalue weighted by molar-refractivity contribution is 7.15. The summed E-state index contributed by atoms with van der Waals surface area (Å²) >= 11 is 1.65. The molecule has 0 bridgehead atoms. The quantitative estimate of drug-likeness (QED) is 0.762. The first-order valence-electron chi connectivity index (χ1n) is 3.93. The fourth-order valence-corrected chi connectivity index (χ4v) is 1.81. The maximum Gasteiger partial charge on any atom is 0.193 e. The van der Waals surface area contributed by atoms with E-state index in [0.717, 1.165) is 10.7 Å². The van der Waals surface area contributed by atoms with Crippen LogP contribution in [0.5, 0.6) is 0 Å². The summed E-state index contributed by atoms with van der Waals surface area (Å²) < 4.78 is 2.03. The zero-order valence-corrected chi connectivity index (χ0v) is 7.71. The first kappa shape index (κ1) is 7.76. The standard InChI is InChI=1S/C8H11N3S/c1-6(4-9)7-5-11-2-3-12-8(11)10-7/h2-3,5-6H,4,9H2,1H3/t6-/m1/s1. The number of thiazole rings is 1. The van der Waals surface area contributed by atoms with Crippen LogP contribution in [0.15, 0.2) is 17.8 Å². The van der Waals surface area contributed by atoms with Crippen LogP contribution in [-0.4, -0.2) is 15.9 Å². The van der Waals surface area contributed by atoms with Crippen LogP contribution in [0.3, 0.4) is 0 Å². The van der Waals surface area contributed by atoms with Gasteiger partial charge in [0.25, 0.3) is 0 Å². The van der Waals surface area contributed by atoms with E-state index in [1.54, 1.807) is 11.3 Å². The Hall–Kier alpha value is -0.870. The molecule has 2 aromatic heterocycles. The third kappa shape index (κ3) is 1.13. The van der Waals surface area contributed by atoms with Gasteiger partial charge in [-0.15, -0.1) is 11.3 Å². The molecular formula is C8H11N3S. The fourth-order valence-electron chi connectivity index (χ4n) is 1.10. The number of imidazole rings is 1. The van der Waals surface area contributed by atoms with E-state index in [4.69, 9.17) is 5.73 Å². The van der Waals surface area contributed by atoms with Crippen molar-refractivity contribution in [1.82, 2.24) is 9.38 Å². The normalized spacial score (nSPS) is 13.8. The lowest BCUT2D eigenvalue weighted by Crippen LogP contribution is -2.08. The molecule has 1 atom stereocenters. The van der Waals surface area contributed by atoms with Crippen molar-refractivity contribution in [3.63, 3.8) is 0 Å². The molecule has 0 spiro atoms. The number of nitrogens with zero attached hydrogens (tertiary/aromatic N) is 2. The summed E-state index contributed by atoms with van der Waals surface area (Å²) in [6.07, 6.45) is 4.06. The zero-order valence-electron chi connectivity index (χ0n) is 6.90. The van der Waals surface area contributed by atoms with Crippen molar-refractivity contribution in [2.75, 3.05) is 6.54 Å². The van der Waals surface area contributed by atoms with Gasteiger partial charge in [-0.05, 0) is 0 Å². The maximum atomic E-state index is 5.55. The topological polar surface area (TPSA) is 43.3 Å². The monoisotopic (exact) mass is 181 g/mol. The predicted molar refractivity (Wildman–Crippen MR) is 50.5 cm³/mol. The summed E-state index contributed by atoms with van der Waals surface area (Å²) in [7, 11) is 0. The van der Waals surface area contributed by atoms with Crippen LogP contribution in [0.4, 0.5) is 0 Å². The van der Waals surface area contributed by atoms with E-state index in [1.807, 2.05) is 22.2 Å². The number of nitrogens with two attached hydrogens (primary N) is 1. The summed E-state index contributed by atoms with van der Waals surface area (Å²) in [4.78, 5) is 5.49. The smallest absolute Gasteiger partial charge is 0.193 e. The molecule has 2 rings (SSSR count). The summed E-state index contributed by atoms with van der Waals surface area (Å²) in [5.41, 5.74) is 6.64. The van der Waals surface area contributed by atoms with E-state index < -0.39 is 0 Å². The third-order valence-electron chi connectivity index (χ3n) is 1.97. The van der Waals surface area contributed by atoms with Crippen LogP contribution in [0.25, 0.3) is 4.96 Å². The second-order valence-electron chi connectivity index (χ2n) is 2.90. The van der Waals surface area contributed by atoms with Crippen LogP contribution < -0.4 is 5.73 Å². The Morgan fingerprint density at radius 1 is 1.75 bits per heavy atom. The van der Waals surface area contributed by atoms with E-state index in [2.05, 4.69) is 11.9 Å². The van der Waals surface area contributed by atoms with Crippen LogP contribution in [0.2, 0.25) is 0 Å². The Morgan fingerprint density at radius 2 is 2.58 bits per heavy atom. The van der Waals surface area contributed by atoms with Crippen LogP contribution in [-0.2, 0) is 0 Å². The molecule has 0 fully saturated rings. The molecule has 0 aliphatic carbocycles. The summed E-state index contributed by atoms with van der Waals surface area (Å²) in [6.45, 7) is 2.75. The lowest BCUT2D eigenvalue weighted by molar-refractivity contribution is 0.752. The molecule has 2 aromatic rings. The van der Waals surface area contributed by atoms with Gasteiger partial charge in [-0.2, -0.15) is 0 Å². The molecule has 3 nitrogen and oxygen atoms in total. The number of rotatable bonds is 2. The van der Waals surface area contributed by atoms with Gasteiger partial charge in [0.05, 0.1) is 5.69 Å². The molecule has 2 N–H and O–H groups in total. The molecule has 0 aromatic carbocycles. The van der Waals surface area contributed by atoms with Crippen molar-refractivity contribution < 1.29 is 0 Å². The third-order valence-corrected chi connectivity index (χ3v) is 2.74. The first-order valence-corrected chi connectivity index (χ1v) is 4.81. The summed E-state index contributed by atoms with van der Waals surface area (Å²) in [5, 5.41) is 2.03. The Bertz CT molecular complexity index is 348. The molecular weight excluding hydrogens is 170 g/mol. The van der Waals surface area contributed by atoms with Crippen LogP contribution in [0.1, 0.15) is 18.5 Å². The van der Waals surface area contributed by atoms with E-state index >= 15 is 0 Å². The van der Waals surface area contributed by atoms with Crippen LogP contribution >= 0.6 is 11.3 Å². The highest BCUT2D eigenvalue weighted by Crippen LogP contribution is 2.16. The molecule has 12 heavy (non-hydrogen) atoms. The molecule has 0 saturated carbocycles. The maximum absolute atomic E-state index is 5.55. The number of fused-ring (bicyclic) bond motifs is 1. The molecule has 4 heteroatoms. The molecule has 64 valence electrons.